The average Bonchev–Trinajstić information content (AvgIpc) is 2.48. The largest absolute Gasteiger partial charge is 0.481 e. The number of rotatable bonds is 4. The number of piperidine rings is 1. The van der Waals surface area contributed by atoms with Gasteiger partial charge in [0.2, 0.25) is 0 Å². The number of carboxylic acid groups (broad SMARTS) is 1. The van der Waals surface area contributed by atoms with Crippen LogP contribution in [0.5, 0.6) is 5.75 Å². The second-order valence-corrected chi connectivity index (χ2v) is 4.76. The van der Waals surface area contributed by atoms with Crippen LogP contribution in [0.1, 0.15) is 26.7 Å². The fourth-order valence-electron chi connectivity index (χ4n) is 2.27. The third-order valence-electron chi connectivity index (χ3n) is 3.30. The van der Waals surface area contributed by atoms with Crippen LogP contribution >= 0.6 is 0 Å². The number of aliphatic carboxylic acids is 1. The molecule has 1 aliphatic rings. The van der Waals surface area contributed by atoms with Crippen LogP contribution in [0.4, 0.5) is 14.5 Å². The van der Waals surface area contributed by atoms with Gasteiger partial charge in [-0.15, -0.1) is 8.78 Å². The van der Waals surface area contributed by atoms with Crippen molar-refractivity contribution in [3.63, 3.8) is 0 Å². The van der Waals surface area contributed by atoms with Gasteiger partial charge in [-0.25, -0.2) is 5.73 Å². The SMILES string of the molecule is CC.NC(F)(F)Oc1ccc(N2CCC(C(=O)O)CC2)cc1. The van der Waals surface area contributed by atoms with Crippen molar-refractivity contribution < 1.29 is 23.4 Å². The summed E-state index contributed by atoms with van der Waals surface area (Å²) >= 11 is 0. The Labute approximate surface area is 128 Å². The van der Waals surface area contributed by atoms with E-state index in [0.29, 0.717) is 25.9 Å². The molecule has 1 heterocycles. The standard InChI is InChI=1S/C13H16F2N2O3.C2H6/c14-13(15,16)20-11-3-1-10(2-4-11)17-7-5-9(6-8-17)12(18)19;1-2/h1-4,9H,5-8,16H2,(H,18,19);1-2H3. The molecular formula is C15H22F2N2O3. The summed E-state index contributed by atoms with van der Waals surface area (Å²) in [7, 11) is 0. The Morgan fingerprint density at radius 3 is 2.18 bits per heavy atom. The highest BCUT2D eigenvalue weighted by Crippen LogP contribution is 2.26. The van der Waals surface area contributed by atoms with Crippen LogP contribution in [0.15, 0.2) is 24.3 Å². The van der Waals surface area contributed by atoms with E-state index in [1.54, 1.807) is 12.1 Å². The van der Waals surface area contributed by atoms with Gasteiger partial charge in [0.15, 0.2) is 0 Å². The summed E-state index contributed by atoms with van der Waals surface area (Å²) < 4.78 is 29.2. The van der Waals surface area contributed by atoms with Gasteiger partial charge >= 0.3 is 12.2 Å². The zero-order valence-corrected chi connectivity index (χ0v) is 12.8. The number of benzene rings is 1. The van der Waals surface area contributed by atoms with E-state index < -0.39 is 12.2 Å². The van der Waals surface area contributed by atoms with Crippen molar-refractivity contribution in [3.05, 3.63) is 24.3 Å². The van der Waals surface area contributed by atoms with Gasteiger partial charge in [0.1, 0.15) is 5.75 Å². The number of halogens is 2. The summed E-state index contributed by atoms with van der Waals surface area (Å²) in [4.78, 5) is 12.9. The Morgan fingerprint density at radius 1 is 1.27 bits per heavy atom. The first kappa shape index (κ1) is 18.2. The number of anilines is 1. The molecule has 1 saturated heterocycles. The van der Waals surface area contributed by atoms with Gasteiger partial charge in [-0.1, -0.05) is 13.8 Å². The molecule has 0 aliphatic carbocycles. The molecule has 7 heteroatoms. The van der Waals surface area contributed by atoms with Crippen LogP contribution in [-0.4, -0.2) is 30.4 Å². The van der Waals surface area contributed by atoms with Crippen LogP contribution in [0, 0.1) is 5.92 Å². The monoisotopic (exact) mass is 316 g/mol. The minimum absolute atomic E-state index is 0.0123. The Kier molecular flexibility index (Phi) is 6.55. The van der Waals surface area contributed by atoms with E-state index in [1.807, 2.05) is 18.7 Å². The van der Waals surface area contributed by atoms with Crippen molar-refractivity contribution in [2.45, 2.75) is 32.9 Å². The zero-order chi connectivity index (χ0) is 16.8. The molecule has 0 bridgehead atoms. The van der Waals surface area contributed by atoms with Crippen molar-refractivity contribution in [1.82, 2.24) is 0 Å². The van der Waals surface area contributed by atoms with Crippen molar-refractivity contribution in [2.75, 3.05) is 18.0 Å². The fourth-order valence-corrected chi connectivity index (χ4v) is 2.27. The molecule has 124 valence electrons. The van der Waals surface area contributed by atoms with Crippen LogP contribution in [0.25, 0.3) is 0 Å². The molecule has 0 amide bonds. The quantitative estimate of drug-likeness (QED) is 0.660. The summed E-state index contributed by atoms with van der Waals surface area (Å²) in [5.41, 5.74) is 5.32. The number of carboxylic acids is 1. The maximum Gasteiger partial charge on any atom is 0.466 e. The number of nitrogens with two attached hydrogens (primary N) is 1. The second-order valence-electron chi connectivity index (χ2n) is 4.76. The Bertz CT molecular complexity index is 467. The zero-order valence-electron chi connectivity index (χ0n) is 12.8. The topological polar surface area (TPSA) is 75.8 Å². The molecule has 1 aromatic carbocycles. The summed E-state index contributed by atoms with van der Waals surface area (Å²) in [6.45, 7) is 5.26. The van der Waals surface area contributed by atoms with Gasteiger partial charge in [0.25, 0.3) is 0 Å². The van der Waals surface area contributed by atoms with Gasteiger partial charge in [-0.05, 0) is 37.1 Å². The number of carbonyl (C=O) groups is 1. The van der Waals surface area contributed by atoms with Crippen molar-refractivity contribution >= 4 is 11.7 Å². The molecular weight excluding hydrogens is 294 g/mol. The van der Waals surface area contributed by atoms with E-state index in [4.69, 9.17) is 5.11 Å². The number of alkyl halides is 2. The normalized spacial score (nSPS) is 15.8. The van der Waals surface area contributed by atoms with Crippen molar-refractivity contribution in [1.29, 1.82) is 0 Å². The predicted octanol–water partition coefficient (Wildman–Crippen LogP) is 2.90. The first-order chi connectivity index (χ1) is 10.3. The molecule has 22 heavy (non-hydrogen) atoms. The van der Waals surface area contributed by atoms with Crippen LogP contribution in [0.3, 0.4) is 0 Å². The molecule has 1 aliphatic heterocycles. The molecule has 0 spiro atoms. The molecule has 1 aromatic rings. The van der Waals surface area contributed by atoms with E-state index in [0.717, 1.165) is 5.69 Å². The van der Waals surface area contributed by atoms with Gasteiger partial charge < -0.3 is 14.7 Å². The van der Waals surface area contributed by atoms with Gasteiger partial charge in [-0.2, -0.15) is 0 Å². The molecule has 5 nitrogen and oxygen atoms in total. The van der Waals surface area contributed by atoms with Crippen molar-refractivity contribution in [2.24, 2.45) is 11.7 Å². The maximum absolute atomic E-state index is 12.5. The number of hydrogen-bond acceptors (Lipinski definition) is 4. The molecule has 0 atom stereocenters. The summed E-state index contributed by atoms with van der Waals surface area (Å²) in [6.07, 6.45) is -2.54. The first-order valence-corrected chi connectivity index (χ1v) is 7.29. The number of ether oxygens (including phenoxy) is 1. The van der Waals surface area contributed by atoms with Gasteiger partial charge in [-0.3, -0.25) is 4.79 Å². The van der Waals surface area contributed by atoms with E-state index in [9.17, 15) is 13.6 Å². The van der Waals surface area contributed by atoms with E-state index in [1.165, 1.54) is 12.1 Å². The minimum Gasteiger partial charge on any atom is -0.481 e. The highest BCUT2D eigenvalue weighted by molar-refractivity contribution is 5.70. The Hall–Kier alpha value is -1.89. The van der Waals surface area contributed by atoms with E-state index in [-0.39, 0.29) is 11.7 Å². The lowest BCUT2D eigenvalue weighted by Gasteiger charge is -2.32. The van der Waals surface area contributed by atoms with Crippen LogP contribution in [0.2, 0.25) is 0 Å². The highest BCUT2D eigenvalue weighted by Gasteiger charge is 2.26. The van der Waals surface area contributed by atoms with Gasteiger partial charge in [0.05, 0.1) is 5.92 Å². The lowest BCUT2D eigenvalue weighted by Crippen LogP contribution is -2.36. The predicted molar refractivity (Wildman–Crippen MR) is 80.1 cm³/mol. The van der Waals surface area contributed by atoms with Gasteiger partial charge in [0, 0.05) is 18.8 Å². The molecule has 0 radical (unpaired) electrons. The molecule has 0 aromatic heterocycles. The Balaban J connectivity index is 0.00000116. The lowest BCUT2D eigenvalue weighted by atomic mass is 9.97. The molecule has 3 N–H and O–H groups in total. The molecule has 1 fully saturated rings. The van der Waals surface area contributed by atoms with Crippen molar-refractivity contribution in [3.8, 4) is 5.75 Å². The molecule has 0 unspecified atom stereocenters. The number of hydrogen-bond donors (Lipinski definition) is 2. The first-order valence-electron chi connectivity index (χ1n) is 7.29. The summed E-state index contributed by atoms with van der Waals surface area (Å²) in [5.74, 6) is -1.08. The second kappa shape index (κ2) is 7.93. The fraction of sp³-hybridized carbons (Fsp3) is 0.533. The highest BCUT2D eigenvalue weighted by atomic mass is 19.3. The lowest BCUT2D eigenvalue weighted by molar-refractivity contribution is -0.170. The van der Waals surface area contributed by atoms with Crippen LogP contribution in [-0.2, 0) is 4.79 Å². The summed E-state index contributed by atoms with van der Waals surface area (Å²) in [6, 6.07) is 6.14. The minimum atomic E-state index is -3.69. The summed E-state index contributed by atoms with van der Waals surface area (Å²) in [5, 5.41) is 8.92. The maximum atomic E-state index is 12.5. The molecule has 2 rings (SSSR count). The third kappa shape index (κ3) is 5.48. The number of nitrogens with zero attached hydrogens (tertiary/aromatic N) is 1. The third-order valence-corrected chi connectivity index (χ3v) is 3.30. The van der Waals surface area contributed by atoms with E-state index >= 15 is 0 Å². The smallest absolute Gasteiger partial charge is 0.466 e. The Morgan fingerprint density at radius 2 is 1.77 bits per heavy atom. The van der Waals surface area contributed by atoms with E-state index in [2.05, 4.69) is 10.5 Å². The molecule has 0 saturated carbocycles. The average molecular weight is 316 g/mol. The van der Waals surface area contributed by atoms with Crippen LogP contribution < -0.4 is 15.4 Å².